The van der Waals surface area contributed by atoms with Gasteiger partial charge in [-0.25, -0.2) is 4.98 Å². The second kappa shape index (κ2) is 7.95. The van der Waals surface area contributed by atoms with Gasteiger partial charge in [0.15, 0.2) is 5.92 Å². The lowest BCUT2D eigenvalue weighted by Gasteiger charge is -2.32. The van der Waals surface area contributed by atoms with Crippen LogP contribution in [0.4, 0.5) is 5.95 Å². The Hall–Kier alpha value is -3.35. The van der Waals surface area contributed by atoms with E-state index in [2.05, 4.69) is 10.3 Å². The van der Waals surface area contributed by atoms with Crippen LogP contribution in [0.5, 0.6) is 5.75 Å². The molecule has 0 saturated carbocycles. The molecule has 1 aliphatic rings. The molecule has 29 heavy (non-hydrogen) atoms. The number of carbonyl (C=O) groups excluding carboxylic acids is 2. The third-order valence-electron chi connectivity index (χ3n) is 4.94. The first kappa shape index (κ1) is 19.0. The lowest BCUT2D eigenvalue weighted by Crippen LogP contribution is -2.43. The van der Waals surface area contributed by atoms with Crippen molar-refractivity contribution < 1.29 is 19.1 Å². The summed E-state index contributed by atoms with van der Waals surface area (Å²) < 4.78 is 12.8. The number of hydrogen-bond donors (Lipinski definition) is 1. The smallest absolute Gasteiger partial charge is 0.321 e. The van der Waals surface area contributed by atoms with Crippen molar-refractivity contribution in [3.63, 3.8) is 0 Å². The van der Waals surface area contributed by atoms with Gasteiger partial charge in [-0.05, 0) is 43.2 Å². The summed E-state index contributed by atoms with van der Waals surface area (Å²) in [6, 6.07) is 14.5. The van der Waals surface area contributed by atoms with Gasteiger partial charge in [-0.1, -0.05) is 31.2 Å². The van der Waals surface area contributed by atoms with Gasteiger partial charge in [0.1, 0.15) is 5.75 Å². The first-order valence-corrected chi connectivity index (χ1v) is 9.81. The number of imidazole rings is 1. The lowest BCUT2D eigenvalue weighted by molar-refractivity contribution is -0.152. The number of benzene rings is 2. The molecule has 0 spiro atoms. The molecule has 4 rings (SSSR count). The molecule has 1 aliphatic heterocycles. The van der Waals surface area contributed by atoms with E-state index in [0.29, 0.717) is 12.6 Å². The molecule has 0 saturated heterocycles. The highest BCUT2D eigenvalue weighted by atomic mass is 16.5. The van der Waals surface area contributed by atoms with Gasteiger partial charge in [0, 0.05) is 0 Å². The van der Waals surface area contributed by atoms with Crippen LogP contribution in [-0.2, 0) is 14.3 Å². The van der Waals surface area contributed by atoms with Crippen LogP contribution < -0.4 is 10.1 Å². The first-order valence-electron chi connectivity index (χ1n) is 9.81. The average molecular weight is 393 g/mol. The van der Waals surface area contributed by atoms with E-state index in [1.807, 2.05) is 60.0 Å². The molecule has 1 amide bonds. The summed E-state index contributed by atoms with van der Waals surface area (Å²) in [5.41, 5.74) is 2.40. The maximum atomic E-state index is 12.9. The molecule has 7 nitrogen and oxygen atoms in total. The summed E-state index contributed by atoms with van der Waals surface area (Å²) in [7, 11) is 0. The number of hydrogen-bond acceptors (Lipinski definition) is 5. The number of amides is 1. The van der Waals surface area contributed by atoms with Crippen molar-refractivity contribution in [2.45, 2.75) is 26.3 Å². The van der Waals surface area contributed by atoms with Gasteiger partial charge in [0.2, 0.25) is 11.9 Å². The fourth-order valence-corrected chi connectivity index (χ4v) is 3.69. The summed E-state index contributed by atoms with van der Waals surface area (Å²) in [5, 5.41) is 2.77. The Kier molecular flexibility index (Phi) is 5.20. The minimum Gasteiger partial charge on any atom is -0.494 e. The van der Waals surface area contributed by atoms with Gasteiger partial charge in [0.25, 0.3) is 0 Å². The van der Waals surface area contributed by atoms with Gasteiger partial charge in [0.05, 0.1) is 30.3 Å². The van der Waals surface area contributed by atoms with E-state index in [1.165, 1.54) is 0 Å². The molecule has 0 radical (unpaired) electrons. The molecular weight excluding hydrogens is 370 g/mol. The summed E-state index contributed by atoms with van der Waals surface area (Å²) >= 11 is 0. The second-order valence-electron chi connectivity index (χ2n) is 6.88. The number of nitrogens with one attached hydrogen (secondary N) is 1. The Labute approximate surface area is 168 Å². The Balaban J connectivity index is 1.84. The van der Waals surface area contributed by atoms with Crippen LogP contribution in [0.1, 0.15) is 31.9 Å². The van der Waals surface area contributed by atoms with Crippen molar-refractivity contribution in [2.24, 2.45) is 5.92 Å². The van der Waals surface area contributed by atoms with Crippen molar-refractivity contribution in [3.8, 4) is 5.75 Å². The number of ether oxygens (including phenoxy) is 2. The summed E-state index contributed by atoms with van der Waals surface area (Å²) in [4.78, 5) is 30.1. The zero-order chi connectivity index (χ0) is 20.4. The maximum absolute atomic E-state index is 12.9. The molecule has 1 N–H and O–H groups in total. The second-order valence-corrected chi connectivity index (χ2v) is 6.88. The fraction of sp³-hybridized carbons (Fsp3) is 0.318. The van der Waals surface area contributed by atoms with Gasteiger partial charge in [-0.3, -0.25) is 14.9 Å². The number of para-hydroxylation sites is 2. The standard InChI is InChI=1S/C22H23N3O4/c1-3-13-29-15-11-9-14(10-12-15)19-18(21(27)28-4-2)20(26)24-22-23-16-7-5-6-8-17(16)25(19)22/h5-12,18-19H,3-4,13H2,1-2H3,(H,23,24,26). The molecule has 0 aliphatic carbocycles. The van der Waals surface area contributed by atoms with E-state index in [9.17, 15) is 9.59 Å². The van der Waals surface area contributed by atoms with Gasteiger partial charge in [-0.15, -0.1) is 0 Å². The first-order chi connectivity index (χ1) is 14.1. The van der Waals surface area contributed by atoms with E-state index in [0.717, 1.165) is 28.8 Å². The van der Waals surface area contributed by atoms with Crippen molar-refractivity contribution in [1.82, 2.24) is 9.55 Å². The topological polar surface area (TPSA) is 82.4 Å². The lowest BCUT2D eigenvalue weighted by atomic mass is 9.90. The summed E-state index contributed by atoms with van der Waals surface area (Å²) in [6.45, 7) is 4.61. The molecule has 2 unspecified atom stereocenters. The number of nitrogens with zero attached hydrogens (tertiary/aromatic N) is 2. The van der Waals surface area contributed by atoms with Crippen molar-refractivity contribution in [2.75, 3.05) is 18.5 Å². The molecule has 2 heterocycles. The molecular formula is C22H23N3O4. The quantitative estimate of drug-likeness (QED) is 0.512. The van der Waals surface area contributed by atoms with E-state index in [4.69, 9.17) is 9.47 Å². The number of aromatic nitrogens is 2. The number of rotatable bonds is 6. The van der Waals surface area contributed by atoms with Crippen LogP contribution in [0.2, 0.25) is 0 Å². The van der Waals surface area contributed by atoms with Crippen LogP contribution in [0.3, 0.4) is 0 Å². The fourth-order valence-electron chi connectivity index (χ4n) is 3.69. The molecule has 1 aromatic heterocycles. The Morgan fingerprint density at radius 3 is 2.62 bits per heavy atom. The Morgan fingerprint density at radius 1 is 1.14 bits per heavy atom. The van der Waals surface area contributed by atoms with E-state index in [1.54, 1.807) is 6.92 Å². The van der Waals surface area contributed by atoms with Crippen LogP contribution in [0.15, 0.2) is 48.5 Å². The SMILES string of the molecule is CCCOc1ccc(C2C(C(=O)OCC)C(=O)Nc3nc4ccccc4n32)cc1. The predicted octanol–water partition coefficient (Wildman–Crippen LogP) is 3.55. The zero-order valence-electron chi connectivity index (χ0n) is 16.4. The molecule has 3 aromatic rings. The molecule has 150 valence electrons. The molecule has 7 heteroatoms. The minimum atomic E-state index is -1.01. The van der Waals surface area contributed by atoms with Crippen molar-refractivity contribution >= 4 is 28.9 Å². The highest BCUT2D eigenvalue weighted by Crippen LogP contribution is 2.39. The summed E-state index contributed by atoms with van der Waals surface area (Å²) in [5.74, 6) is -0.804. The normalized spacial score (nSPS) is 18.2. The highest BCUT2D eigenvalue weighted by Gasteiger charge is 2.44. The monoisotopic (exact) mass is 393 g/mol. The van der Waals surface area contributed by atoms with Crippen LogP contribution in [0, 0.1) is 5.92 Å². The third kappa shape index (κ3) is 3.44. The number of esters is 1. The minimum absolute atomic E-state index is 0.205. The maximum Gasteiger partial charge on any atom is 0.321 e. The van der Waals surface area contributed by atoms with Crippen molar-refractivity contribution in [1.29, 1.82) is 0 Å². The van der Waals surface area contributed by atoms with Crippen LogP contribution in [-0.4, -0.2) is 34.6 Å². The van der Waals surface area contributed by atoms with E-state index >= 15 is 0 Å². The van der Waals surface area contributed by atoms with Gasteiger partial charge < -0.3 is 14.0 Å². The van der Waals surface area contributed by atoms with Crippen LogP contribution in [0.25, 0.3) is 11.0 Å². The van der Waals surface area contributed by atoms with Crippen molar-refractivity contribution in [3.05, 3.63) is 54.1 Å². The van der Waals surface area contributed by atoms with Crippen LogP contribution >= 0.6 is 0 Å². The third-order valence-corrected chi connectivity index (χ3v) is 4.94. The molecule has 0 bridgehead atoms. The Bertz CT molecular complexity index is 1040. The van der Waals surface area contributed by atoms with Gasteiger partial charge >= 0.3 is 5.97 Å². The van der Waals surface area contributed by atoms with Gasteiger partial charge in [-0.2, -0.15) is 0 Å². The molecule has 0 fully saturated rings. The molecule has 2 atom stereocenters. The summed E-state index contributed by atoms with van der Waals surface area (Å²) in [6.07, 6.45) is 0.917. The number of anilines is 1. The predicted molar refractivity (Wildman–Crippen MR) is 109 cm³/mol. The number of carbonyl (C=O) groups is 2. The molecule has 2 aromatic carbocycles. The highest BCUT2D eigenvalue weighted by molar-refractivity contribution is 6.07. The zero-order valence-corrected chi connectivity index (χ0v) is 16.4. The largest absolute Gasteiger partial charge is 0.494 e. The number of fused-ring (bicyclic) bond motifs is 3. The van der Waals surface area contributed by atoms with E-state index < -0.39 is 23.8 Å². The Morgan fingerprint density at radius 2 is 1.90 bits per heavy atom. The average Bonchev–Trinajstić information content (AvgIpc) is 3.09. The van der Waals surface area contributed by atoms with E-state index in [-0.39, 0.29) is 6.61 Å².